The molecule has 1 rings (SSSR count). The largest absolute Gasteiger partial charge is 0.508 e. The van der Waals surface area contributed by atoms with Gasteiger partial charge in [-0.3, -0.25) is 10.1 Å². The molecular weight excluding hydrogens is 599 g/mol. The van der Waals surface area contributed by atoms with E-state index in [1.54, 1.807) is 0 Å². The number of esters is 1. The molecule has 0 aromatic heterocycles. The van der Waals surface area contributed by atoms with E-state index in [2.05, 4.69) is 0 Å². The second kappa shape index (κ2) is 10.7. The third-order valence-electron chi connectivity index (χ3n) is 5.03. The topological polar surface area (TPSA) is 58.6 Å². The van der Waals surface area contributed by atoms with Crippen molar-refractivity contribution < 1.29 is 80.5 Å². The standard InChI is InChI=1S/C21H20F15NO3/c1-14(2,3)40-13(39)12(8-10-4-6-11(38)7-5-10)37-9-15(22,23)16(24,25)17(26,27)18(28,29)19(30,31)20(32,33)21(34,35)36/h4-7,12,37-38H,8-9H2,1-3H3/t12-/m0/s1. The van der Waals surface area contributed by atoms with Crippen LogP contribution in [0.5, 0.6) is 5.75 Å². The monoisotopic (exact) mass is 619 g/mol. The molecule has 1 aromatic carbocycles. The van der Waals surface area contributed by atoms with E-state index in [-0.39, 0.29) is 11.3 Å². The average Bonchev–Trinajstić information content (AvgIpc) is 2.75. The van der Waals surface area contributed by atoms with Crippen molar-refractivity contribution in [3.05, 3.63) is 29.8 Å². The number of nitrogens with one attached hydrogen (secondary N) is 1. The quantitative estimate of drug-likeness (QED) is 0.216. The van der Waals surface area contributed by atoms with Crippen LogP contribution < -0.4 is 5.32 Å². The minimum atomic E-state index is -8.40. The third kappa shape index (κ3) is 6.48. The number of halogens is 15. The lowest BCUT2D eigenvalue weighted by molar-refractivity contribution is -0.452. The molecule has 0 unspecified atom stereocenters. The molecule has 0 heterocycles. The fourth-order valence-corrected chi connectivity index (χ4v) is 2.84. The molecule has 2 N–H and O–H groups in total. The number of carbonyl (C=O) groups excluding carboxylic acids is 1. The number of rotatable bonds is 11. The molecule has 4 nitrogen and oxygen atoms in total. The van der Waals surface area contributed by atoms with E-state index in [9.17, 15) is 75.8 Å². The van der Waals surface area contributed by atoms with Crippen molar-refractivity contribution in [3.8, 4) is 5.75 Å². The summed E-state index contributed by atoms with van der Waals surface area (Å²) in [6.45, 7) is 0.829. The molecular formula is C21H20F15NO3. The van der Waals surface area contributed by atoms with Crippen molar-refractivity contribution in [1.82, 2.24) is 5.32 Å². The van der Waals surface area contributed by atoms with E-state index in [4.69, 9.17) is 4.74 Å². The zero-order valence-electron chi connectivity index (χ0n) is 20.2. The third-order valence-corrected chi connectivity index (χ3v) is 5.03. The van der Waals surface area contributed by atoms with Crippen molar-refractivity contribution >= 4 is 5.97 Å². The maximum atomic E-state index is 14.2. The summed E-state index contributed by atoms with van der Waals surface area (Å²) >= 11 is 0. The summed E-state index contributed by atoms with van der Waals surface area (Å²) in [6, 6.07) is 1.99. The fourth-order valence-electron chi connectivity index (χ4n) is 2.84. The molecule has 0 aliphatic carbocycles. The van der Waals surface area contributed by atoms with Gasteiger partial charge in [-0.25, -0.2) is 0 Å². The molecule has 0 spiro atoms. The Morgan fingerprint density at radius 3 is 1.52 bits per heavy atom. The maximum Gasteiger partial charge on any atom is 0.460 e. The van der Waals surface area contributed by atoms with Crippen molar-refractivity contribution in [2.24, 2.45) is 0 Å². The number of hydrogen-bond donors (Lipinski definition) is 2. The highest BCUT2D eigenvalue weighted by atomic mass is 19.4. The zero-order valence-corrected chi connectivity index (χ0v) is 20.2. The van der Waals surface area contributed by atoms with Gasteiger partial charge in [-0.15, -0.1) is 0 Å². The van der Waals surface area contributed by atoms with Gasteiger partial charge in [-0.05, 0) is 44.9 Å². The Kier molecular flexibility index (Phi) is 9.45. The van der Waals surface area contributed by atoms with Crippen LogP contribution in [-0.2, 0) is 16.0 Å². The van der Waals surface area contributed by atoms with Gasteiger partial charge >= 0.3 is 47.7 Å². The molecule has 0 saturated heterocycles. The highest BCUT2D eigenvalue weighted by Gasteiger charge is 2.93. The van der Waals surface area contributed by atoms with Crippen LogP contribution in [0.4, 0.5) is 65.9 Å². The predicted molar refractivity (Wildman–Crippen MR) is 105 cm³/mol. The predicted octanol–water partition coefficient (Wildman–Crippen LogP) is 6.61. The second-order valence-electron chi connectivity index (χ2n) is 9.41. The van der Waals surface area contributed by atoms with Crippen LogP contribution in [-0.4, -0.2) is 71.0 Å². The number of ether oxygens (including phenoxy) is 1. The van der Waals surface area contributed by atoms with E-state index in [0.717, 1.165) is 24.3 Å². The van der Waals surface area contributed by atoms with Crippen LogP contribution in [0.1, 0.15) is 26.3 Å². The number of hydrogen-bond acceptors (Lipinski definition) is 4. The van der Waals surface area contributed by atoms with Gasteiger partial charge in [0.15, 0.2) is 0 Å². The van der Waals surface area contributed by atoms with E-state index in [1.165, 1.54) is 26.1 Å². The number of benzene rings is 1. The molecule has 0 radical (unpaired) electrons. The summed E-state index contributed by atoms with van der Waals surface area (Å²) in [5, 5.41) is 10.6. The molecule has 40 heavy (non-hydrogen) atoms. The normalized spacial score (nSPS) is 15.7. The Morgan fingerprint density at radius 2 is 1.12 bits per heavy atom. The van der Waals surface area contributed by atoms with Gasteiger partial charge in [0.25, 0.3) is 0 Å². The van der Waals surface area contributed by atoms with Gasteiger partial charge in [0.2, 0.25) is 0 Å². The van der Waals surface area contributed by atoms with Gasteiger partial charge in [-0.2, -0.15) is 65.9 Å². The molecule has 0 aliphatic heterocycles. The van der Waals surface area contributed by atoms with Crippen LogP contribution in [0, 0.1) is 0 Å². The summed E-state index contributed by atoms with van der Waals surface area (Å²) in [7, 11) is 0. The summed E-state index contributed by atoms with van der Waals surface area (Å²) in [5.74, 6) is -49.2. The Morgan fingerprint density at radius 1 is 0.725 bits per heavy atom. The number of aromatic hydroxyl groups is 1. The van der Waals surface area contributed by atoms with E-state index >= 15 is 0 Å². The van der Waals surface area contributed by atoms with Gasteiger partial charge < -0.3 is 9.84 Å². The number of phenols is 1. The molecule has 0 bridgehead atoms. The van der Waals surface area contributed by atoms with Gasteiger partial charge in [0, 0.05) is 0 Å². The average molecular weight is 619 g/mol. The van der Waals surface area contributed by atoms with Gasteiger partial charge in [0.1, 0.15) is 17.4 Å². The molecule has 0 saturated carbocycles. The number of phenolic OH excluding ortho intramolecular Hbond substituents is 1. The lowest BCUT2D eigenvalue weighted by atomic mass is 9.91. The molecule has 0 aliphatic rings. The summed E-state index contributed by atoms with van der Waals surface area (Å²) in [6.07, 6.45) is -8.45. The molecule has 1 aromatic rings. The minimum Gasteiger partial charge on any atom is -0.508 e. The maximum absolute atomic E-state index is 14.2. The highest BCUT2D eigenvalue weighted by molar-refractivity contribution is 5.76. The lowest BCUT2D eigenvalue weighted by Gasteiger charge is -2.41. The van der Waals surface area contributed by atoms with Crippen LogP contribution in [0.25, 0.3) is 0 Å². The minimum absolute atomic E-state index is 0.0119. The smallest absolute Gasteiger partial charge is 0.460 e. The van der Waals surface area contributed by atoms with Crippen LogP contribution in [0.15, 0.2) is 24.3 Å². The Labute approximate surface area is 215 Å². The summed E-state index contributed by atoms with van der Waals surface area (Å²) < 4.78 is 206. The first-order chi connectivity index (χ1) is 17.5. The van der Waals surface area contributed by atoms with Crippen molar-refractivity contribution in [2.45, 2.75) is 80.5 Å². The summed E-state index contributed by atoms with van der Waals surface area (Å²) in [4.78, 5) is 12.4. The van der Waals surface area contributed by atoms with Crippen LogP contribution >= 0.6 is 0 Å². The van der Waals surface area contributed by atoms with E-state index in [0.29, 0.717) is 0 Å². The van der Waals surface area contributed by atoms with Crippen molar-refractivity contribution in [3.63, 3.8) is 0 Å². The van der Waals surface area contributed by atoms with Gasteiger partial charge in [0.05, 0.1) is 6.54 Å². The highest BCUT2D eigenvalue weighted by Crippen LogP contribution is 2.62. The Bertz CT molecular complexity index is 1030. The summed E-state index contributed by atoms with van der Waals surface area (Å²) in [5.41, 5.74) is -1.38. The Hall–Kier alpha value is -2.60. The molecule has 19 heteroatoms. The van der Waals surface area contributed by atoms with Crippen molar-refractivity contribution in [1.29, 1.82) is 0 Å². The lowest BCUT2D eigenvalue weighted by Crippen LogP contribution is -2.73. The van der Waals surface area contributed by atoms with Gasteiger partial charge in [-0.1, -0.05) is 12.1 Å². The number of alkyl halides is 15. The van der Waals surface area contributed by atoms with Crippen LogP contribution in [0.2, 0.25) is 0 Å². The van der Waals surface area contributed by atoms with Crippen LogP contribution in [0.3, 0.4) is 0 Å². The van der Waals surface area contributed by atoms with E-state index < -0.39 is 72.3 Å². The SMILES string of the molecule is CC(C)(C)OC(=O)[C@H](Cc1ccc(O)cc1)NCC(F)(F)C(F)(F)C(F)(F)C(F)(F)C(F)(F)C(F)(F)C(F)(F)F. The molecule has 0 fully saturated rings. The molecule has 1 atom stereocenters. The van der Waals surface area contributed by atoms with Crippen molar-refractivity contribution in [2.75, 3.05) is 6.54 Å². The fraction of sp³-hybridized carbons (Fsp3) is 0.667. The Balaban J connectivity index is 3.41. The first-order valence-corrected chi connectivity index (χ1v) is 10.5. The second-order valence-corrected chi connectivity index (χ2v) is 9.41. The first kappa shape index (κ1) is 35.4. The first-order valence-electron chi connectivity index (χ1n) is 10.5. The molecule has 0 amide bonds. The zero-order chi connectivity index (χ0) is 32.0. The van der Waals surface area contributed by atoms with E-state index in [1.807, 2.05) is 0 Å². The number of carbonyl (C=O) groups is 1. The molecule has 232 valence electrons.